The van der Waals surface area contributed by atoms with Gasteiger partial charge >= 0.3 is 5.97 Å². The summed E-state index contributed by atoms with van der Waals surface area (Å²) in [6.45, 7) is 0. The topological polar surface area (TPSA) is 77.8 Å². The van der Waals surface area contributed by atoms with Crippen molar-refractivity contribution in [3.63, 3.8) is 0 Å². The van der Waals surface area contributed by atoms with Crippen molar-refractivity contribution in [3.8, 4) is 0 Å². The number of hydrogen-bond acceptors (Lipinski definition) is 3. The van der Waals surface area contributed by atoms with E-state index in [0.717, 1.165) is 0 Å². The van der Waals surface area contributed by atoms with Crippen molar-refractivity contribution in [3.05, 3.63) is 58.1 Å². The van der Waals surface area contributed by atoms with Crippen LogP contribution in [0.1, 0.15) is 10.4 Å². The molecule has 0 spiro atoms. The molecule has 0 amide bonds. The lowest BCUT2D eigenvalue weighted by Crippen LogP contribution is -2.22. The third-order valence-electron chi connectivity index (χ3n) is 2.85. The molecule has 116 valence electrons. The first-order chi connectivity index (χ1) is 10.4. The molecule has 1 unspecified atom stereocenters. The van der Waals surface area contributed by atoms with Crippen molar-refractivity contribution in [2.75, 3.05) is 10.8 Å². The second-order valence-electron chi connectivity index (χ2n) is 4.31. The van der Waals surface area contributed by atoms with E-state index in [1.807, 2.05) is 0 Å². The standard InChI is InChI=1S/C14H11Cl2NO4S/c15-9-6-11(14(18)19)13(16)12(7-9)17(8-22(20)21)10-4-2-1-3-5-10/h1-7H,8H2,(H,18,19)(H,20,21). The fourth-order valence-electron chi connectivity index (χ4n) is 1.93. The maximum absolute atomic E-state index is 11.2. The Balaban J connectivity index is 2.62. The number of carbonyl (C=O) groups is 1. The van der Waals surface area contributed by atoms with Gasteiger partial charge in [0, 0.05) is 10.7 Å². The number of carboxylic acid groups (broad SMARTS) is 1. The highest BCUT2D eigenvalue weighted by molar-refractivity contribution is 7.79. The molecule has 0 bridgehead atoms. The van der Waals surface area contributed by atoms with E-state index in [-0.39, 0.29) is 27.2 Å². The summed E-state index contributed by atoms with van der Waals surface area (Å²) in [6.07, 6.45) is 0. The molecule has 0 aliphatic carbocycles. The fourth-order valence-corrected chi connectivity index (χ4v) is 2.94. The Morgan fingerprint density at radius 2 is 1.82 bits per heavy atom. The minimum atomic E-state index is -2.15. The average Bonchev–Trinajstić information content (AvgIpc) is 2.47. The van der Waals surface area contributed by atoms with E-state index in [4.69, 9.17) is 23.2 Å². The number of rotatable bonds is 5. The van der Waals surface area contributed by atoms with E-state index in [1.165, 1.54) is 17.0 Å². The number of carboxylic acids is 1. The number of nitrogens with zero attached hydrogens (tertiary/aromatic N) is 1. The van der Waals surface area contributed by atoms with Crippen molar-refractivity contribution in [1.82, 2.24) is 0 Å². The molecular formula is C14H11Cl2NO4S. The zero-order valence-electron chi connectivity index (χ0n) is 11.1. The van der Waals surface area contributed by atoms with Gasteiger partial charge in [0.05, 0.1) is 16.3 Å². The van der Waals surface area contributed by atoms with E-state index in [0.29, 0.717) is 5.69 Å². The first kappa shape index (κ1) is 16.8. The van der Waals surface area contributed by atoms with Crippen molar-refractivity contribution in [2.45, 2.75) is 0 Å². The quantitative estimate of drug-likeness (QED) is 0.788. The maximum atomic E-state index is 11.2. The number of anilines is 2. The predicted octanol–water partition coefficient (Wildman–Crippen LogP) is 4.01. The van der Waals surface area contributed by atoms with Crippen LogP contribution in [0.3, 0.4) is 0 Å². The largest absolute Gasteiger partial charge is 0.478 e. The predicted molar refractivity (Wildman–Crippen MR) is 87.6 cm³/mol. The van der Waals surface area contributed by atoms with Crippen LogP contribution in [0.2, 0.25) is 10.0 Å². The van der Waals surface area contributed by atoms with Gasteiger partial charge in [0.25, 0.3) is 0 Å². The summed E-state index contributed by atoms with van der Waals surface area (Å²) in [5.41, 5.74) is 0.666. The molecular weight excluding hydrogens is 349 g/mol. The van der Waals surface area contributed by atoms with Crippen LogP contribution in [0.5, 0.6) is 0 Å². The molecule has 2 N–H and O–H groups in total. The molecule has 0 heterocycles. The Kier molecular flexibility index (Phi) is 5.42. The van der Waals surface area contributed by atoms with Gasteiger partial charge < -0.3 is 14.6 Å². The fraction of sp³-hybridized carbons (Fsp3) is 0.0714. The monoisotopic (exact) mass is 359 g/mol. The lowest BCUT2D eigenvalue weighted by atomic mass is 10.1. The Labute approximate surface area is 139 Å². The van der Waals surface area contributed by atoms with Gasteiger partial charge in [-0.3, -0.25) is 0 Å². The number of benzene rings is 2. The molecule has 5 nitrogen and oxygen atoms in total. The van der Waals surface area contributed by atoms with Crippen LogP contribution < -0.4 is 4.90 Å². The van der Waals surface area contributed by atoms with Gasteiger partial charge in [0.2, 0.25) is 0 Å². The Hall–Kier alpha value is -1.60. The molecule has 1 atom stereocenters. The Morgan fingerprint density at radius 1 is 1.18 bits per heavy atom. The van der Waals surface area contributed by atoms with Gasteiger partial charge in [-0.05, 0) is 24.3 Å². The van der Waals surface area contributed by atoms with Gasteiger partial charge in [0.15, 0.2) is 11.1 Å². The third kappa shape index (κ3) is 3.78. The second-order valence-corrected chi connectivity index (χ2v) is 6.02. The Morgan fingerprint density at radius 3 is 2.36 bits per heavy atom. The van der Waals surface area contributed by atoms with Crippen molar-refractivity contribution in [2.24, 2.45) is 0 Å². The molecule has 0 aliphatic rings. The van der Waals surface area contributed by atoms with Gasteiger partial charge in [-0.25, -0.2) is 9.00 Å². The molecule has 2 aromatic rings. The molecule has 2 rings (SSSR count). The highest BCUT2D eigenvalue weighted by atomic mass is 35.5. The van der Waals surface area contributed by atoms with E-state index < -0.39 is 17.0 Å². The molecule has 0 saturated heterocycles. The van der Waals surface area contributed by atoms with Crippen molar-refractivity contribution >= 4 is 51.6 Å². The maximum Gasteiger partial charge on any atom is 0.337 e. The first-order valence-electron chi connectivity index (χ1n) is 6.02. The SMILES string of the molecule is O=C(O)c1cc(Cl)cc(N(CS(=O)O)c2ccccc2)c1Cl. The van der Waals surface area contributed by atoms with Crippen molar-refractivity contribution < 1.29 is 18.7 Å². The highest BCUT2D eigenvalue weighted by Gasteiger charge is 2.21. The molecule has 0 saturated carbocycles. The van der Waals surface area contributed by atoms with E-state index in [1.54, 1.807) is 30.3 Å². The minimum Gasteiger partial charge on any atom is -0.478 e. The third-order valence-corrected chi connectivity index (χ3v) is 3.94. The number of para-hydroxylation sites is 1. The molecule has 0 aromatic heterocycles. The lowest BCUT2D eigenvalue weighted by molar-refractivity contribution is 0.0697. The van der Waals surface area contributed by atoms with Gasteiger partial charge in [-0.2, -0.15) is 0 Å². The van der Waals surface area contributed by atoms with Crippen LogP contribution in [-0.4, -0.2) is 25.7 Å². The molecule has 8 heteroatoms. The molecule has 2 aromatic carbocycles. The molecule has 0 radical (unpaired) electrons. The highest BCUT2D eigenvalue weighted by Crippen LogP contribution is 2.36. The first-order valence-corrected chi connectivity index (χ1v) is 8.05. The summed E-state index contributed by atoms with van der Waals surface area (Å²) in [5, 5.41) is 9.30. The smallest absolute Gasteiger partial charge is 0.337 e. The second kappa shape index (κ2) is 7.11. The number of aromatic carboxylic acids is 1. The number of hydrogen-bond donors (Lipinski definition) is 2. The summed E-state index contributed by atoms with van der Waals surface area (Å²) in [6, 6.07) is 11.4. The van der Waals surface area contributed by atoms with E-state index in [9.17, 15) is 18.7 Å². The molecule has 22 heavy (non-hydrogen) atoms. The van der Waals surface area contributed by atoms with Crippen LogP contribution in [-0.2, 0) is 11.1 Å². The van der Waals surface area contributed by atoms with E-state index in [2.05, 4.69) is 0 Å². The zero-order valence-corrected chi connectivity index (χ0v) is 13.4. The Bertz CT molecular complexity index is 724. The lowest BCUT2D eigenvalue weighted by Gasteiger charge is -2.25. The van der Waals surface area contributed by atoms with Crippen LogP contribution >= 0.6 is 23.2 Å². The summed E-state index contributed by atoms with van der Waals surface area (Å²) in [7, 11) is 0. The van der Waals surface area contributed by atoms with Gasteiger partial charge in [-0.1, -0.05) is 41.4 Å². The summed E-state index contributed by atoms with van der Waals surface area (Å²) >= 11 is 9.94. The van der Waals surface area contributed by atoms with Gasteiger partial charge in [-0.15, -0.1) is 0 Å². The number of halogens is 2. The van der Waals surface area contributed by atoms with Crippen LogP contribution in [0.15, 0.2) is 42.5 Å². The van der Waals surface area contributed by atoms with Crippen LogP contribution in [0, 0.1) is 0 Å². The van der Waals surface area contributed by atoms with E-state index >= 15 is 0 Å². The summed E-state index contributed by atoms with van der Waals surface area (Å²) in [4.78, 5) is 12.7. The van der Waals surface area contributed by atoms with Crippen LogP contribution in [0.25, 0.3) is 0 Å². The van der Waals surface area contributed by atoms with Gasteiger partial charge in [0.1, 0.15) is 5.88 Å². The summed E-state index contributed by atoms with van der Waals surface area (Å²) in [5.74, 6) is -1.50. The normalized spacial score (nSPS) is 12.0. The van der Waals surface area contributed by atoms with Crippen molar-refractivity contribution in [1.29, 1.82) is 0 Å². The average molecular weight is 360 g/mol. The minimum absolute atomic E-state index is 0.0498. The summed E-state index contributed by atoms with van der Waals surface area (Å²) < 4.78 is 20.5. The zero-order chi connectivity index (χ0) is 16.3. The van der Waals surface area contributed by atoms with Crippen LogP contribution in [0.4, 0.5) is 11.4 Å². The molecule has 0 fully saturated rings. The molecule has 0 aliphatic heterocycles.